The van der Waals surface area contributed by atoms with Crippen LogP contribution < -0.4 is 14.8 Å². The van der Waals surface area contributed by atoms with Gasteiger partial charge in [-0.15, -0.1) is 0 Å². The number of carbonyl (C=O) groups excluding carboxylic acids is 3. The summed E-state index contributed by atoms with van der Waals surface area (Å²) in [4.78, 5) is 38.7. The molecule has 0 aliphatic rings. The average Bonchev–Trinajstić information content (AvgIpc) is 2.84. The number of methoxy groups -OCH3 is 2. The molecule has 0 aliphatic heterocycles. The third-order valence-electron chi connectivity index (χ3n) is 5.33. The second-order valence-corrected chi connectivity index (χ2v) is 7.72. The number of benzene rings is 3. The maximum Gasteiger partial charge on any atom is 0.252 e. The van der Waals surface area contributed by atoms with E-state index in [0.717, 1.165) is 11.1 Å². The Bertz CT molecular complexity index is 1120. The van der Waals surface area contributed by atoms with Crippen LogP contribution in [-0.4, -0.2) is 37.7 Å². The number of hydrogen-bond donors (Lipinski definition) is 1. The van der Waals surface area contributed by atoms with Gasteiger partial charge in [-0.05, 0) is 37.1 Å². The molecule has 0 spiro atoms. The molecule has 0 fully saturated rings. The van der Waals surface area contributed by atoms with Gasteiger partial charge in [0.25, 0.3) is 5.91 Å². The van der Waals surface area contributed by atoms with Gasteiger partial charge in [0.1, 0.15) is 0 Å². The van der Waals surface area contributed by atoms with Gasteiger partial charge < -0.3 is 14.8 Å². The smallest absolute Gasteiger partial charge is 0.252 e. The van der Waals surface area contributed by atoms with E-state index in [1.807, 2.05) is 49.4 Å². The van der Waals surface area contributed by atoms with Crippen molar-refractivity contribution in [3.63, 3.8) is 0 Å². The van der Waals surface area contributed by atoms with E-state index in [9.17, 15) is 14.4 Å². The topological polar surface area (TPSA) is 81.7 Å². The van der Waals surface area contributed by atoms with Crippen LogP contribution in [-0.2, 0) is 11.2 Å². The minimum absolute atomic E-state index is 0.278. The first-order valence-electron chi connectivity index (χ1n) is 10.6. The van der Waals surface area contributed by atoms with Gasteiger partial charge in [0, 0.05) is 11.1 Å². The fourth-order valence-electron chi connectivity index (χ4n) is 3.44. The minimum atomic E-state index is -0.859. The number of nitrogens with one attached hydrogen (secondary N) is 1. The summed E-state index contributed by atoms with van der Waals surface area (Å²) < 4.78 is 10.5. The lowest BCUT2D eigenvalue weighted by Gasteiger charge is -2.18. The third kappa shape index (κ3) is 6.29. The molecule has 0 saturated heterocycles. The molecule has 33 heavy (non-hydrogen) atoms. The summed E-state index contributed by atoms with van der Waals surface area (Å²) in [5.41, 5.74) is 2.70. The Morgan fingerprint density at radius 2 is 1.45 bits per heavy atom. The van der Waals surface area contributed by atoms with Gasteiger partial charge in [-0.3, -0.25) is 14.4 Å². The number of carbonyl (C=O) groups is 3. The molecule has 3 rings (SSSR count). The first-order valence-corrected chi connectivity index (χ1v) is 10.6. The van der Waals surface area contributed by atoms with Gasteiger partial charge >= 0.3 is 0 Å². The SMILES string of the molecule is COc1ccc(C(=O)N[C@H](Cc2ccccc2)C(=O)CC(=O)c2ccc(C)cc2)cc1OC. The Labute approximate surface area is 193 Å². The normalized spacial score (nSPS) is 11.4. The van der Waals surface area contributed by atoms with Crippen LogP contribution in [0.5, 0.6) is 11.5 Å². The largest absolute Gasteiger partial charge is 0.493 e. The van der Waals surface area contributed by atoms with E-state index in [2.05, 4.69) is 5.32 Å². The van der Waals surface area contributed by atoms with Crippen LogP contribution in [0.25, 0.3) is 0 Å². The van der Waals surface area contributed by atoms with Crippen molar-refractivity contribution < 1.29 is 23.9 Å². The molecular weight excluding hydrogens is 418 g/mol. The highest BCUT2D eigenvalue weighted by Crippen LogP contribution is 2.27. The predicted octanol–water partition coefficient (Wildman–Crippen LogP) is 4.20. The summed E-state index contributed by atoms with van der Waals surface area (Å²) in [6, 6.07) is 20.4. The molecule has 170 valence electrons. The molecule has 3 aromatic carbocycles. The summed E-state index contributed by atoms with van der Waals surface area (Å²) in [6.07, 6.45) is -0.0212. The van der Waals surface area contributed by atoms with Crippen molar-refractivity contribution in [2.24, 2.45) is 0 Å². The Hall–Kier alpha value is -3.93. The number of amides is 1. The van der Waals surface area contributed by atoms with Crippen molar-refractivity contribution in [3.8, 4) is 11.5 Å². The van der Waals surface area contributed by atoms with E-state index in [-0.39, 0.29) is 24.4 Å². The lowest BCUT2D eigenvalue weighted by molar-refractivity contribution is -0.120. The first-order chi connectivity index (χ1) is 15.9. The van der Waals surface area contributed by atoms with Crippen molar-refractivity contribution >= 4 is 17.5 Å². The first kappa shape index (κ1) is 23.7. The molecule has 0 aromatic heterocycles. The van der Waals surface area contributed by atoms with Gasteiger partial charge in [-0.2, -0.15) is 0 Å². The number of ether oxygens (including phenoxy) is 2. The number of hydrogen-bond acceptors (Lipinski definition) is 5. The molecule has 1 N–H and O–H groups in total. The molecule has 0 aliphatic carbocycles. The minimum Gasteiger partial charge on any atom is -0.493 e. The maximum absolute atomic E-state index is 13.1. The lowest BCUT2D eigenvalue weighted by Crippen LogP contribution is -2.43. The van der Waals surface area contributed by atoms with Crippen molar-refractivity contribution in [3.05, 3.63) is 95.1 Å². The Morgan fingerprint density at radius 1 is 0.818 bits per heavy atom. The number of aryl methyl sites for hydroxylation is 1. The van der Waals surface area contributed by atoms with Crippen molar-refractivity contribution in [2.45, 2.75) is 25.8 Å². The number of ketones is 2. The van der Waals surface area contributed by atoms with Crippen LogP contribution in [0.2, 0.25) is 0 Å². The highest BCUT2D eigenvalue weighted by Gasteiger charge is 2.25. The number of rotatable bonds is 10. The van der Waals surface area contributed by atoms with Gasteiger partial charge in [-0.1, -0.05) is 60.2 Å². The fraction of sp³-hybridized carbons (Fsp3) is 0.222. The molecule has 0 unspecified atom stereocenters. The molecule has 1 atom stereocenters. The highest BCUT2D eigenvalue weighted by atomic mass is 16.5. The van der Waals surface area contributed by atoms with E-state index >= 15 is 0 Å². The summed E-state index contributed by atoms with van der Waals surface area (Å²) >= 11 is 0. The highest BCUT2D eigenvalue weighted by molar-refractivity contribution is 6.10. The van der Waals surface area contributed by atoms with Crippen LogP contribution in [0, 0.1) is 6.92 Å². The summed E-state index contributed by atoms with van der Waals surface area (Å²) in [6.45, 7) is 1.93. The van der Waals surface area contributed by atoms with Crippen LogP contribution >= 0.6 is 0 Å². The molecule has 6 nitrogen and oxygen atoms in total. The van der Waals surface area contributed by atoms with Gasteiger partial charge in [-0.25, -0.2) is 0 Å². The summed E-state index contributed by atoms with van der Waals surface area (Å²) in [5.74, 6) is -0.162. The van der Waals surface area contributed by atoms with Gasteiger partial charge in [0.15, 0.2) is 23.1 Å². The Balaban J connectivity index is 1.80. The second-order valence-electron chi connectivity index (χ2n) is 7.72. The average molecular weight is 446 g/mol. The second kappa shape index (κ2) is 11.1. The zero-order chi connectivity index (χ0) is 23.8. The van der Waals surface area contributed by atoms with Crippen molar-refractivity contribution in [1.82, 2.24) is 5.32 Å². The number of Topliss-reactive ketones (excluding diaryl/α,β-unsaturated/α-hetero) is 2. The van der Waals surface area contributed by atoms with Crippen LogP contribution in [0.4, 0.5) is 0 Å². The molecular formula is C27H27NO5. The molecule has 1 amide bonds. The molecule has 3 aromatic rings. The van der Waals surface area contributed by atoms with E-state index in [1.54, 1.807) is 30.3 Å². The summed E-state index contributed by atoms with van der Waals surface area (Å²) in [5, 5.41) is 2.80. The maximum atomic E-state index is 13.1. The van der Waals surface area contributed by atoms with E-state index in [0.29, 0.717) is 22.6 Å². The molecule has 0 radical (unpaired) electrons. The molecule has 6 heteroatoms. The quantitative estimate of drug-likeness (QED) is 0.374. The van der Waals surface area contributed by atoms with E-state index in [1.165, 1.54) is 14.2 Å². The van der Waals surface area contributed by atoms with E-state index < -0.39 is 11.9 Å². The zero-order valence-corrected chi connectivity index (χ0v) is 19.0. The Kier molecular flexibility index (Phi) is 7.97. The summed E-state index contributed by atoms with van der Waals surface area (Å²) in [7, 11) is 3.00. The molecule has 0 bridgehead atoms. The fourth-order valence-corrected chi connectivity index (χ4v) is 3.44. The van der Waals surface area contributed by atoms with Crippen molar-refractivity contribution in [1.29, 1.82) is 0 Å². The lowest BCUT2D eigenvalue weighted by atomic mass is 9.96. The van der Waals surface area contributed by atoms with Gasteiger partial charge in [0.05, 0.1) is 26.7 Å². The predicted molar refractivity (Wildman–Crippen MR) is 126 cm³/mol. The van der Waals surface area contributed by atoms with E-state index in [4.69, 9.17) is 9.47 Å². The monoisotopic (exact) mass is 445 g/mol. The van der Waals surface area contributed by atoms with Gasteiger partial charge in [0.2, 0.25) is 0 Å². The Morgan fingerprint density at radius 3 is 2.09 bits per heavy atom. The standard InChI is InChI=1S/C27H27NO5/c1-18-9-11-20(12-10-18)23(29)17-24(30)22(15-19-7-5-4-6-8-19)28-27(31)21-13-14-25(32-2)26(16-21)33-3/h4-14,16,22H,15,17H2,1-3H3,(H,28,31)/t22-/m1/s1. The molecule has 0 heterocycles. The molecule has 0 saturated carbocycles. The van der Waals surface area contributed by atoms with Crippen LogP contribution in [0.3, 0.4) is 0 Å². The zero-order valence-electron chi connectivity index (χ0n) is 19.0. The third-order valence-corrected chi connectivity index (χ3v) is 5.33. The van der Waals surface area contributed by atoms with Crippen LogP contribution in [0.1, 0.15) is 38.3 Å². The van der Waals surface area contributed by atoms with Crippen molar-refractivity contribution in [2.75, 3.05) is 14.2 Å². The van der Waals surface area contributed by atoms with Crippen LogP contribution in [0.15, 0.2) is 72.8 Å².